The molecule has 1 amide bonds. The third-order valence-electron chi connectivity index (χ3n) is 2.68. The smallest absolute Gasteiger partial charge is 0.407 e. The van der Waals surface area contributed by atoms with Gasteiger partial charge in [-0.2, -0.15) is 0 Å². The molecule has 96 valence electrons. The van der Waals surface area contributed by atoms with Crippen molar-refractivity contribution in [2.45, 2.75) is 19.1 Å². The number of benzene rings is 1. The molecule has 1 N–H and O–H groups in total. The summed E-state index contributed by atoms with van der Waals surface area (Å²) >= 11 is 1.63. The summed E-state index contributed by atoms with van der Waals surface area (Å²) in [5, 5.41) is 3.91. The van der Waals surface area contributed by atoms with E-state index in [-0.39, 0.29) is 12.1 Å². The van der Waals surface area contributed by atoms with Crippen LogP contribution in [0.4, 0.5) is 4.79 Å². The zero-order valence-corrected chi connectivity index (χ0v) is 11.1. The summed E-state index contributed by atoms with van der Waals surface area (Å²) in [6, 6.07) is 9.72. The Labute approximate surface area is 111 Å². The Balaban J connectivity index is 1.70. The molecule has 1 aromatic carbocycles. The van der Waals surface area contributed by atoms with Crippen LogP contribution in [-0.4, -0.2) is 30.0 Å². The predicted octanol–water partition coefficient (Wildman–Crippen LogP) is 2.45. The van der Waals surface area contributed by atoms with Crippen molar-refractivity contribution in [2.24, 2.45) is 4.99 Å². The van der Waals surface area contributed by atoms with Crippen LogP contribution in [0.2, 0.25) is 0 Å². The van der Waals surface area contributed by atoms with Gasteiger partial charge in [0.15, 0.2) is 0 Å². The number of hydrogen-bond acceptors (Lipinski definition) is 4. The minimum Gasteiger partial charge on any atom is -0.445 e. The van der Waals surface area contributed by atoms with Crippen LogP contribution in [0.15, 0.2) is 35.3 Å². The summed E-state index contributed by atoms with van der Waals surface area (Å²) in [6.07, 6.45) is 2.43. The lowest BCUT2D eigenvalue weighted by Gasteiger charge is -2.11. The molecule has 0 bridgehead atoms. The highest BCUT2D eigenvalue weighted by molar-refractivity contribution is 8.13. The molecule has 0 saturated heterocycles. The summed E-state index contributed by atoms with van der Waals surface area (Å²) < 4.78 is 5.15. The first-order valence-corrected chi connectivity index (χ1v) is 7.05. The van der Waals surface area contributed by atoms with Crippen molar-refractivity contribution < 1.29 is 9.53 Å². The summed E-state index contributed by atoms with van der Waals surface area (Å²) in [7, 11) is 0. The molecule has 0 unspecified atom stereocenters. The average Bonchev–Trinajstić information content (AvgIpc) is 2.85. The number of carbonyl (C=O) groups is 1. The van der Waals surface area contributed by atoms with Crippen molar-refractivity contribution in [2.75, 3.05) is 12.8 Å². The van der Waals surface area contributed by atoms with E-state index in [1.165, 1.54) is 0 Å². The van der Waals surface area contributed by atoms with E-state index in [1.807, 2.05) is 36.6 Å². The van der Waals surface area contributed by atoms with E-state index in [0.29, 0.717) is 13.2 Å². The average molecular weight is 264 g/mol. The molecule has 2 rings (SSSR count). The van der Waals surface area contributed by atoms with E-state index in [9.17, 15) is 4.79 Å². The van der Waals surface area contributed by atoms with Gasteiger partial charge in [-0.25, -0.2) is 4.79 Å². The van der Waals surface area contributed by atoms with Gasteiger partial charge in [0, 0.05) is 6.42 Å². The van der Waals surface area contributed by atoms with Crippen LogP contribution in [0.25, 0.3) is 0 Å². The Morgan fingerprint density at radius 3 is 2.94 bits per heavy atom. The third-order valence-corrected chi connectivity index (χ3v) is 3.45. The molecule has 0 aliphatic carbocycles. The standard InChI is InChI=1S/C13H16N2O2S/c1-18-12-7-11(8-14-12)15-13(16)17-9-10-5-3-2-4-6-10/h2-6,11H,7-9H2,1H3,(H,15,16)/t11-/m0/s1. The largest absolute Gasteiger partial charge is 0.445 e. The van der Waals surface area contributed by atoms with Crippen molar-refractivity contribution in [1.29, 1.82) is 0 Å². The van der Waals surface area contributed by atoms with Crippen molar-refractivity contribution in [3.05, 3.63) is 35.9 Å². The fraction of sp³-hybridized carbons (Fsp3) is 0.385. The fourth-order valence-electron chi connectivity index (χ4n) is 1.73. The first-order valence-electron chi connectivity index (χ1n) is 5.82. The van der Waals surface area contributed by atoms with Gasteiger partial charge in [-0.1, -0.05) is 30.3 Å². The quantitative estimate of drug-likeness (QED) is 0.912. The molecular weight excluding hydrogens is 248 g/mol. The van der Waals surface area contributed by atoms with Crippen molar-refractivity contribution >= 4 is 22.9 Å². The molecule has 0 radical (unpaired) electrons. The number of carbonyl (C=O) groups excluding carboxylic acids is 1. The Hall–Kier alpha value is -1.49. The van der Waals surface area contributed by atoms with Crippen LogP contribution in [0.3, 0.4) is 0 Å². The molecule has 5 heteroatoms. The van der Waals surface area contributed by atoms with Gasteiger partial charge >= 0.3 is 6.09 Å². The zero-order chi connectivity index (χ0) is 12.8. The highest BCUT2D eigenvalue weighted by Crippen LogP contribution is 2.13. The molecule has 0 aromatic heterocycles. The lowest BCUT2D eigenvalue weighted by molar-refractivity contribution is 0.136. The number of thioether (sulfide) groups is 1. The number of nitrogens with one attached hydrogen (secondary N) is 1. The molecule has 1 heterocycles. The van der Waals surface area contributed by atoms with Crippen LogP contribution in [0.1, 0.15) is 12.0 Å². The molecule has 1 atom stereocenters. The summed E-state index contributed by atoms with van der Waals surface area (Å²) in [4.78, 5) is 15.9. The summed E-state index contributed by atoms with van der Waals surface area (Å²) in [6.45, 7) is 0.951. The molecule has 18 heavy (non-hydrogen) atoms. The van der Waals surface area contributed by atoms with Crippen LogP contribution in [0, 0.1) is 0 Å². The zero-order valence-electron chi connectivity index (χ0n) is 10.3. The maximum absolute atomic E-state index is 11.6. The van der Waals surface area contributed by atoms with E-state index >= 15 is 0 Å². The Morgan fingerprint density at radius 2 is 2.28 bits per heavy atom. The number of alkyl carbamates (subject to hydrolysis) is 1. The SMILES string of the molecule is CSC1=NC[C@@H](NC(=O)OCc2ccccc2)C1. The van der Waals surface area contributed by atoms with Gasteiger partial charge in [-0.05, 0) is 11.8 Å². The lowest BCUT2D eigenvalue weighted by Crippen LogP contribution is -2.35. The van der Waals surface area contributed by atoms with Gasteiger partial charge in [-0.15, -0.1) is 11.8 Å². The number of hydrogen-bond donors (Lipinski definition) is 1. The van der Waals surface area contributed by atoms with Gasteiger partial charge in [0.05, 0.1) is 17.6 Å². The number of ether oxygens (including phenoxy) is 1. The first-order chi connectivity index (χ1) is 8.78. The maximum atomic E-state index is 11.6. The Kier molecular flexibility index (Phi) is 4.64. The maximum Gasteiger partial charge on any atom is 0.407 e. The first kappa shape index (κ1) is 13.0. The normalized spacial score (nSPS) is 18.3. The Bertz CT molecular complexity index is 434. The molecule has 1 aliphatic heterocycles. The number of amides is 1. The molecule has 1 aliphatic rings. The highest BCUT2D eigenvalue weighted by Gasteiger charge is 2.20. The van der Waals surface area contributed by atoms with E-state index in [2.05, 4.69) is 10.3 Å². The van der Waals surface area contributed by atoms with Gasteiger partial charge in [0.2, 0.25) is 0 Å². The van der Waals surface area contributed by atoms with E-state index in [0.717, 1.165) is 17.0 Å². The molecule has 0 saturated carbocycles. The fourth-order valence-corrected chi connectivity index (χ4v) is 2.30. The number of rotatable bonds is 3. The van der Waals surface area contributed by atoms with Crippen molar-refractivity contribution in [1.82, 2.24) is 5.32 Å². The van der Waals surface area contributed by atoms with Crippen LogP contribution in [0.5, 0.6) is 0 Å². The topological polar surface area (TPSA) is 50.7 Å². The minimum absolute atomic E-state index is 0.0794. The van der Waals surface area contributed by atoms with Gasteiger partial charge in [0.1, 0.15) is 6.61 Å². The van der Waals surface area contributed by atoms with Gasteiger partial charge in [0.25, 0.3) is 0 Å². The van der Waals surface area contributed by atoms with Crippen molar-refractivity contribution in [3.8, 4) is 0 Å². The third kappa shape index (κ3) is 3.77. The second-order valence-corrected chi connectivity index (χ2v) is 4.93. The highest BCUT2D eigenvalue weighted by atomic mass is 32.2. The van der Waals surface area contributed by atoms with Crippen LogP contribution < -0.4 is 5.32 Å². The minimum atomic E-state index is -0.374. The lowest BCUT2D eigenvalue weighted by atomic mass is 10.2. The van der Waals surface area contributed by atoms with Crippen LogP contribution in [-0.2, 0) is 11.3 Å². The monoisotopic (exact) mass is 264 g/mol. The van der Waals surface area contributed by atoms with Gasteiger partial charge in [-0.3, -0.25) is 4.99 Å². The van der Waals surface area contributed by atoms with Gasteiger partial charge < -0.3 is 10.1 Å². The molecule has 1 aromatic rings. The van der Waals surface area contributed by atoms with Crippen LogP contribution >= 0.6 is 11.8 Å². The van der Waals surface area contributed by atoms with E-state index < -0.39 is 0 Å². The van der Waals surface area contributed by atoms with Crippen molar-refractivity contribution in [3.63, 3.8) is 0 Å². The van der Waals surface area contributed by atoms with E-state index in [4.69, 9.17) is 4.74 Å². The number of aliphatic imine (C=N–C) groups is 1. The molecule has 0 fully saturated rings. The second-order valence-electron chi connectivity index (χ2n) is 4.05. The second kappa shape index (κ2) is 6.44. The van der Waals surface area contributed by atoms with E-state index in [1.54, 1.807) is 11.8 Å². The predicted molar refractivity (Wildman–Crippen MR) is 74.0 cm³/mol. The molecular formula is C13H16N2O2S. The number of nitrogens with zero attached hydrogens (tertiary/aromatic N) is 1. The Morgan fingerprint density at radius 1 is 1.50 bits per heavy atom. The molecule has 4 nitrogen and oxygen atoms in total. The molecule has 0 spiro atoms. The summed E-state index contributed by atoms with van der Waals surface area (Å²) in [5.74, 6) is 0. The summed E-state index contributed by atoms with van der Waals surface area (Å²) in [5.41, 5.74) is 0.986.